The van der Waals surface area contributed by atoms with Crippen LogP contribution in [-0.4, -0.2) is 11.8 Å². The zero-order valence-corrected chi connectivity index (χ0v) is 10.7. The summed E-state index contributed by atoms with van der Waals surface area (Å²) < 4.78 is 0. The van der Waals surface area contributed by atoms with Gasteiger partial charge in [-0.05, 0) is 42.9 Å². The molecule has 0 bridgehead atoms. The molecule has 1 N–H and O–H groups in total. The molecule has 0 aromatic heterocycles. The average molecular weight is 252 g/mol. The monoisotopic (exact) mass is 251 g/mol. The molecule has 1 fully saturated rings. The number of amides is 1. The highest BCUT2D eigenvalue weighted by atomic mass is 35.5. The van der Waals surface area contributed by atoms with Gasteiger partial charge in [0, 0.05) is 18.0 Å². The third-order valence-electron chi connectivity index (χ3n) is 3.32. The number of nitrogens with one attached hydrogen (secondary N) is 1. The zero-order chi connectivity index (χ0) is 12.1. The molecule has 0 heterocycles. The fourth-order valence-electron chi connectivity index (χ4n) is 2.03. The van der Waals surface area contributed by atoms with Gasteiger partial charge < -0.3 is 5.32 Å². The lowest BCUT2D eigenvalue weighted by Gasteiger charge is -2.24. The normalized spacial score (nSPS) is 15.4. The maximum absolute atomic E-state index is 11.7. The van der Waals surface area contributed by atoms with Gasteiger partial charge >= 0.3 is 0 Å². The number of alkyl halides is 1. The molecule has 1 aliphatic rings. The second-order valence-electron chi connectivity index (χ2n) is 4.69. The van der Waals surface area contributed by atoms with E-state index < -0.39 is 0 Å². The molecule has 1 aromatic carbocycles. The highest BCUT2D eigenvalue weighted by molar-refractivity contribution is 6.17. The van der Waals surface area contributed by atoms with Crippen molar-refractivity contribution in [3.63, 3.8) is 0 Å². The van der Waals surface area contributed by atoms with Crippen molar-refractivity contribution in [2.75, 3.05) is 11.2 Å². The van der Waals surface area contributed by atoms with Crippen LogP contribution < -0.4 is 5.32 Å². The molecule has 1 aliphatic carbocycles. The summed E-state index contributed by atoms with van der Waals surface area (Å²) in [7, 11) is 0. The first-order valence-electron chi connectivity index (χ1n) is 6.22. The molecule has 3 heteroatoms. The Balaban J connectivity index is 1.82. The Morgan fingerprint density at radius 2 is 2.00 bits per heavy atom. The van der Waals surface area contributed by atoms with Crippen LogP contribution >= 0.6 is 11.6 Å². The van der Waals surface area contributed by atoms with Crippen LogP contribution in [0.4, 0.5) is 5.69 Å². The van der Waals surface area contributed by atoms with Crippen LogP contribution in [0.25, 0.3) is 0 Å². The number of anilines is 1. The highest BCUT2D eigenvalue weighted by Crippen LogP contribution is 2.29. The van der Waals surface area contributed by atoms with Gasteiger partial charge in [0.05, 0.1) is 0 Å². The van der Waals surface area contributed by atoms with E-state index in [-0.39, 0.29) is 5.91 Å². The summed E-state index contributed by atoms with van der Waals surface area (Å²) >= 11 is 5.67. The number of carbonyl (C=O) groups excluding carboxylic acids is 1. The molecule has 0 atom stereocenters. The molecule has 0 saturated heterocycles. The molecule has 2 rings (SSSR count). The number of rotatable bonds is 5. The van der Waals surface area contributed by atoms with Crippen molar-refractivity contribution >= 4 is 23.2 Å². The quantitative estimate of drug-likeness (QED) is 0.796. The maximum atomic E-state index is 11.7. The summed E-state index contributed by atoms with van der Waals surface area (Å²) in [4.78, 5) is 11.7. The van der Waals surface area contributed by atoms with Gasteiger partial charge in [-0.2, -0.15) is 0 Å². The minimum atomic E-state index is 0.139. The van der Waals surface area contributed by atoms with Crippen molar-refractivity contribution in [2.45, 2.75) is 32.1 Å². The number of halogens is 1. The SMILES string of the molecule is O=C(CC1CCC1)Nc1ccc(CCCl)cc1. The molecule has 1 aromatic rings. The molecule has 0 radical (unpaired) electrons. The Bertz CT molecular complexity index is 370. The Morgan fingerprint density at radius 1 is 1.29 bits per heavy atom. The fraction of sp³-hybridized carbons (Fsp3) is 0.500. The van der Waals surface area contributed by atoms with E-state index in [9.17, 15) is 4.79 Å². The van der Waals surface area contributed by atoms with Gasteiger partial charge in [0.1, 0.15) is 0 Å². The van der Waals surface area contributed by atoms with Gasteiger partial charge in [0.15, 0.2) is 0 Å². The zero-order valence-electron chi connectivity index (χ0n) is 9.92. The van der Waals surface area contributed by atoms with Crippen LogP contribution in [0.2, 0.25) is 0 Å². The van der Waals surface area contributed by atoms with Crippen LogP contribution in [0.5, 0.6) is 0 Å². The van der Waals surface area contributed by atoms with Gasteiger partial charge in [-0.15, -0.1) is 11.6 Å². The maximum Gasteiger partial charge on any atom is 0.224 e. The lowest BCUT2D eigenvalue weighted by molar-refractivity contribution is -0.117. The van der Waals surface area contributed by atoms with Gasteiger partial charge in [0.25, 0.3) is 0 Å². The predicted molar refractivity (Wildman–Crippen MR) is 71.5 cm³/mol. The van der Waals surface area contributed by atoms with Crippen molar-refractivity contribution in [3.05, 3.63) is 29.8 Å². The van der Waals surface area contributed by atoms with Gasteiger partial charge in [-0.3, -0.25) is 4.79 Å². The molecule has 1 saturated carbocycles. The summed E-state index contributed by atoms with van der Waals surface area (Å²) in [6.45, 7) is 0. The molecule has 1 amide bonds. The van der Waals surface area contributed by atoms with Crippen molar-refractivity contribution in [1.82, 2.24) is 0 Å². The second-order valence-corrected chi connectivity index (χ2v) is 5.06. The Kier molecular flexibility index (Phi) is 4.43. The summed E-state index contributed by atoms with van der Waals surface area (Å²) in [6, 6.07) is 7.92. The Labute approximate surface area is 107 Å². The molecule has 17 heavy (non-hydrogen) atoms. The van der Waals surface area contributed by atoms with Crippen molar-refractivity contribution in [3.8, 4) is 0 Å². The van der Waals surface area contributed by atoms with E-state index in [1.165, 1.54) is 24.8 Å². The van der Waals surface area contributed by atoms with E-state index in [0.29, 0.717) is 18.2 Å². The lowest BCUT2D eigenvalue weighted by Crippen LogP contribution is -2.20. The largest absolute Gasteiger partial charge is 0.326 e. The van der Waals surface area contributed by atoms with E-state index in [1.807, 2.05) is 24.3 Å². The van der Waals surface area contributed by atoms with Crippen LogP contribution in [0.15, 0.2) is 24.3 Å². The van der Waals surface area contributed by atoms with E-state index in [1.54, 1.807) is 0 Å². The van der Waals surface area contributed by atoms with Crippen LogP contribution in [0.1, 0.15) is 31.2 Å². The minimum absolute atomic E-state index is 0.139. The van der Waals surface area contributed by atoms with Crippen LogP contribution in [-0.2, 0) is 11.2 Å². The fourth-order valence-corrected chi connectivity index (χ4v) is 2.25. The molecule has 92 valence electrons. The van der Waals surface area contributed by atoms with Crippen molar-refractivity contribution in [1.29, 1.82) is 0 Å². The summed E-state index contributed by atoms with van der Waals surface area (Å²) in [5.41, 5.74) is 2.09. The standard InChI is InChI=1S/C14H18ClNO/c15-9-8-11-4-6-13(7-5-11)16-14(17)10-12-2-1-3-12/h4-7,12H,1-3,8-10H2,(H,16,17). The smallest absolute Gasteiger partial charge is 0.224 e. The summed E-state index contributed by atoms with van der Waals surface area (Å²) in [5.74, 6) is 1.39. The molecule has 0 spiro atoms. The summed E-state index contributed by atoms with van der Waals surface area (Å²) in [5, 5.41) is 2.94. The molecule has 2 nitrogen and oxygen atoms in total. The van der Waals surface area contributed by atoms with Crippen LogP contribution in [0.3, 0.4) is 0 Å². The van der Waals surface area contributed by atoms with Gasteiger partial charge in [0.2, 0.25) is 5.91 Å². The lowest BCUT2D eigenvalue weighted by atomic mass is 9.83. The first kappa shape index (κ1) is 12.4. The third kappa shape index (κ3) is 3.74. The summed E-state index contributed by atoms with van der Waals surface area (Å²) in [6.07, 6.45) is 5.25. The van der Waals surface area contributed by atoms with Crippen LogP contribution in [0, 0.1) is 5.92 Å². The van der Waals surface area contributed by atoms with Crippen molar-refractivity contribution < 1.29 is 4.79 Å². The first-order valence-corrected chi connectivity index (χ1v) is 6.76. The van der Waals surface area contributed by atoms with Gasteiger partial charge in [-0.1, -0.05) is 18.6 Å². The highest BCUT2D eigenvalue weighted by Gasteiger charge is 2.20. The van der Waals surface area contributed by atoms with Gasteiger partial charge in [-0.25, -0.2) is 0 Å². The van der Waals surface area contributed by atoms with E-state index in [2.05, 4.69) is 5.32 Å². The topological polar surface area (TPSA) is 29.1 Å². The number of hydrogen-bond acceptors (Lipinski definition) is 1. The predicted octanol–water partition coefficient (Wildman–Crippen LogP) is 3.60. The number of aryl methyl sites for hydroxylation is 1. The molecule has 0 aliphatic heterocycles. The van der Waals surface area contributed by atoms with E-state index in [0.717, 1.165) is 12.1 Å². The third-order valence-corrected chi connectivity index (χ3v) is 3.51. The number of hydrogen-bond donors (Lipinski definition) is 1. The minimum Gasteiger partial charge on any atom is -0.326 e. The Hall–Kier alpha value is -1.02. The molecule has 0 unspecified atom stereocenters. The second kappa shape index (κ2) is 6.06. The van der Waals surface area contributed by atoms with Crippen molar-refractivity contribution in [2.24, 2.45) is 5.92 Å². The van der Waals surface area contributed by atoms with E-state index >= 15 is 0 Å². The number of carbonyl (C=O) groups is 1. The molecular weight excluding hydrogens is 234 g/mol. The first-order chi connectivity index (χ1) is 8.28. The average Bonchev–Trinajstić information content (AvgIpc) is 2.27. The molecular formula is C14H18ClNO. The Morgan fingerprint density at radius 3 is 2.53 bits per heavy atom. The van der Waals surface area contributed by atoms with E-state index in [4.69, 9.17) is 11.6 Å². The number of benzene rings is 1.